The van der Waals surface area contributed by atoms with E-state index in [9.17, 15) is 9.59 Å². The Bertz CT molecular complexity index is 1080. The van der Waals surface area contributed by atoms with Gasteiger partial charge in [-0.2, -0.15) is 0 Å². The van der Waals surface area contributed by atoms with Crippen LogP contribution in [0.25, 0.3) is 0 Å². The van der Waals surface area contributed by atoms with E-state index in [1.807, 2.05) is 68.6 Å². The minimum absolute atomic E-state index is 0.196. The molecule has 0 spiro atoms. The van der Waals surface area contributed by atoms with Gasteiger partial charge in [0.1, 0.15) is 11.6 Å². The molecule has 0 saturated heterocycles. The zero-order valence-electron chi connectivity index (χ0n) is 19.6. The fourth-order valence-electron chi connectivity index (χ4n) is 3.39. The van der Waals surface area contributed by atoms with Crippen LogP contribution in [0.2, 0.25) is 0 Å². The Kier molecular flexibility index (Phi) is 9.43. The van der Waals surface area contributed by atoms with Crippen molar-refractivity contribution in [3.05, 3.63) is 69.6 Å². The second kappa shape index (κ2) is 12.5. The number of nitrogens with zero attached hydrogens (tertiary/aromatic N) is 3. The maximum Gasteiger partial charge on any atom is 0.318 e. The van der Waals surface area contributed by atoms with Gasteiger partial charge in [0.25, 0.3) is 0 Å². The number of rotatable bonds is 11. The molecule has 1 amide bonds. The Morgan fingerprint density at radius 2 is 1.74 bits per heavy atom. The molecule has 1 atom stereocenters. The predicted molar refractivity (Wildman–Crippen MR) is 140 cm³/mol. The van der Waals surface area contributed by atoms with Crippen LogP contribution >= 0.6 is 22.6 Å². The van der Waals surface area contributed by atoms with Gasteiger partial charge < -0.3 is 15.4 Å². The van der Waals surface area contributed by atoms with E-state index in [4.69, 9.17) is 4.74 Å². The molecule has 0 aliphatic heterocycles. The number of carbonyl (C=O) groups is 2. The van der Waals surface area contributed by atoms with Gasteiger partial charge in [-0.05, 0) is 83.8 Å². The van der Waals surface area contributed by atoms with E-state index in [1.54, 1.807) is 11.6 Å². The Hall–Kier alpha value is -2.95. The van der Waals surface area contributed by atoms with Crippen LogP contribution < -0.4 is 10.6 Å². The van der Waals surface area contributed by atoms with Crippen molar-refractivity contribution in [1.29, 1.82) is 0 Å². The number of nitrogens with one attached hydrogen (secondary N) is 2. The zero-order chi connectivity index (χ0) is 24.5. The van der Waals surface area contributed by atoms with Crippen molar-refractivity contribution in [3.63, 3.8) is 0 Å². The average molecular weight is 575 g/mol. The second-order valence-corrected chi connectivity index (χ2v) is 9.63. The number of esters is 1. The SMILES string of the molecule is CCOC(=O)C(CC(C)C)C(=O)Nc1ccc(Cn2cc(CNc3ccc(I)cc3)nn2)cc1. The van der Waals surface area contributed by atoms with Gasteiger partial charge in [-0.1, -0.05) is 31.2 Å². The number of hydrogen-bond acceptors (Lipinski definition) is 6. The molecular formula is C25H30IN5O3. The van der Waals surface area contributed by atoms with Gasteiger partial charge in [0.2, 0.25) is 5.91 Å². The van der Waals surface area contributed by atoms with Crippen LogP contribution in [-0.4, -0.2) is 33.5 Å². The highest BCUT2D eigenvalue weighted by molar-refractivity contribution is 14.1. The first kappa shape index (κ1) is 25.7. The molecule has 3 aromatic rings. The average Bonchev–Trinajstić information content (AvgIpc) is 3.25. The number of amides is 1. The van der Waals surface area contributed by atoms with Gasteiger partial charge in [-0.15, -0.1) is 5.10 Å². The fraction of sp³-hybridized carbons (Fsp3) is 0.360. The lowest BCUT2D eigenvalue weighted by Crippen LogP contribution is -2.32. The summed E-state index contributed by atoms with van der Waals surface area (Å²) in [7, 11) is 0. The summed E-state index contributed by atoms with van der Waals surface area (Å²) >= 11 is 2.28. The Morgan fingerprint density at radius 3 is 2.38 bits per heavy atom. The molecule has 0 fully saturated rings. The standard InChI is InChI=1S/C25H30IN5O3/c1-4-34-25(33)23(13-17(2)3)24(32)28-21-9-5-18(6-10-21)15-31-16-22(29-30-31)14-27-20-11-7-19(26)8-12-20/h5-12,16-17,23,27H,4,13-15H2,1-3H3,(H,28,32). The fourth-order valence-corrected chi connectivity index (χ4v) is 3.75. The molecule has 180 valence electrons. The minimum Gasteiger partial charge on any atom is -0.465 e. The summed E-state index contributed by atoms with van der Waals surface area (Å²) in [5, 5.41) is 14.6. The van der Waals surface area contributed by atoms with Gasteiger partial charge >= 0.3 is 5.97 Å². The van der Waals surface area contributed by atoms with E-state index >= 15 is 0 Å². The number of ether oxygens (including phenoxy) is 1. The van der Waals surface area contributed by atoms with Crippen molar-refractivity contribution < 1.29 is 14.3 Å². The first-order valence-corrected chi connectivity index (χ1v) is 12.4. The highest BCUT2D eigenvalue weighted by Crippen LogP contribution is 2.18. The number of carbonyl (C=O) groups excluding carboxylic acids is 2. The van der Waals surface area contributed by atoms with Gasteiger partial charge in [0.15, 0.2) is 0 Å². The molecule has 0 bridgehead atoms. The molecule has 1 heterocycles. The van der Waals surface area contributed by atoms with Gasteiger partial charge in [0.05, 0.1) is 25.9 Å². The molecule has 0 aliphatic carbocycles. The highest BCUT2D eigenvalue weighted by atomic mass is 127. The summed E-state index contributed by atoms with van der Waals surface area (Å²) < 4.78 is 8.04. The van der Waals surface area contributed by atoms with Crippen LogP contribution in [0.1, 0.15) is 38.4 Å². The molecular weight excluding hydrogens is 545 g/mol. The van der Waals surface area contributed by atoms with E-state index in [1.165, 1.54) is 3.57 Å². The number of halogens is 1. The largest absolute Gasteiger partial charge is 0.465 e. The lowest BCUT2D eigenvalue weighted by molar-refractivity contribution is -0.151. The van der Waals surface area contributed by atoms with Crippen LogP contribution in [0.4, 0.5) is 11.4 Å². The summed E-state index contributed by atoms with van der Waals surface area (Å²) in [6.07, 6.45) is 2.35. The maximum absolute atomic E-state index is 12.7. The molecule has 34 heavy (non-hydrogen) atoms. The number of aromatic nitrogens is 3. The van der Waals surface area contributed by atoms with Crippen molar-refractivity contribution in [2.45, 2.75) is 40.3 Å². The van der Waals surface area contributed by atoms with Crippen LogP contribution in [0.5, 0.6) is 0 Å². The quantitative estimate of drug-likeness (QED) is 0.195. The molecule has 2 aromatic carbocycles. The monoisotopic (exact) mass is 575 g/mol. The number of hydrogen-bond donors (Lipinski definition) is 2. The first-order valence-electron chi connectivity index (χ1n) is 11.3. The molecule has 0 radical (unpaired) electrons. The molecule has 8 nitrogen and oxygen atoms in total. The Labute approximate surface area is 213 Å². The van der Waals surface area contributed by atoms with Gasteiger partial charge in [-0.3, -0.25) is 9.59 Å². The third-order valence-electron chi connectivity index (χ3n) is 5.06. The Balaban J connectivity index is 1.54. The van der Waals surface area contributed by atoms with Crippen LogP contribution in [-0.2, 0) is 27.4 Å². The van der Waals surface area contributed by atoms with Crippen LogP contribution in [0.3, 0.4) is 0 Å². The summed E-state index contributed by atoms with van der Waals surface area (Å²) in [5.74, 6) is -1.45. The smallest absolute Gasteiger partial charge is 0.318 e. The van der Waals surface area contributed by atoms with Crippen molar-refractivity contribution in [2.24, 2.45) is 11.8 Å². The number of anilines is 2. The van der Waals surface area contributed by atoms with E-state index in [0.29, 0.717) is 25.2 Å². The third-order valence-corrected chi connectivity index (χ3v) is 5.78. The number of benzene rings is 2. The second-order valence-electron chi connectivity index (χ2n) is 8.39. The summed E-state index contributed by atoms with van der Waals surface area (Å²) in [5.41, 5.74) is 3.53. The summed E-state index contributed by atoms with van der Waals surface area (Å²) in [6.45, 7) is 7.08. The van der Waals surface area contributed by atoms with Crippen molar-refractivity contribution in [3.8, 4) is 0 Å². The zero-order valence-corrected chi connectivity index (χ0v) is 21.8. The van der Waals surface area contributed by atoms with Crippen LogP contribution in [0, 0.1) is 15.4 Å². The molecule has 1 unspecified atom stereocenters. The van der Waals surface area contributed by atoms with Crippen molar-refractivity contribution >= 4 is 45.8 Å². The molecule has 0 saturated carbocycles. The summed E-state index contributed by atoms with van der Waals surface area (Å²) in [4.78, 5) is 24.9. The maximum atomic E-state index is 12.7. The van der Waals surface area contributed by atoms with E-state index in [2.05, 4.69) is 43.5 Å². The molecule has 1 aromatic heterocycles. The van der Waals surface area contributed by atoms with Crippen molar-refractivity contribution in [1.82, 2.24) is 15.0 Å². The van der Waals surface area contributed by atoms with E-state index < -0.39 is 11.9 Å². The Morgan fingerprint density at radius 1 is 1.06 bits per heavy atom. The first-order chi connectivity index (χ1) is 16.3. The predicted octanol–water partition coefficient (Wildman–Crippen LogP) is 4.71. The van der Waals surface area contributed by atoms with Gasteiger partial charge in [0, 0.05) is 14.9 Å². The molecule has 2 N–H and O–H groups in total. The van der Waals surface area contributed by atoms with E-state index in [-0.39, 0.29) is 18.4 Å². The van der Waals surface area contributed by atoms with Crippen LogP contribution in [0.15, 0.2) is 54.7 Å². The van der Waals surface area contributed by atoms with Crippen molar-refractivity contribution in [2.75, 3.05) is 17.2 Å². The molecule has 0 aliphatic rings. The highest BCUT2D eigenvalue weighted by Gasteiger charge is 2.28. The minimum atomic E-state index is -0.818. The molecule has 3 rings (SSSR count). The van der Waals surface area contributed by atoms with Gasteiger partial charge in [-0.25, -0.2) is 4.68 Å². The third kappa shape index (κ3) is 7.82. The topological polar surface area (TPSA) is 98.1 Å². The lowest BCUT2D eigenvalue weighted by Gasteiger charge is -2.17. The summed E-state index contributed by atoms with van der Waals surface area (Å²) in [6, 6.07) is 15.6. The molecule has 9 heteroatoms. The van der Waals surface area contributed by atoms with E-state index in [0.717, 1.165) is 16.9 Å². The normalized spacial score (nSPS) is 11.8. The lowest BCUT2D eigenvalue weighted by atomic mass is 9.96.